The van der Waals surface area contributed by atoms with Gasteiger partial charge in [0.2, 0.25) is 0 Å². The van der Waals surface area contributed by atoms with E-state index in [1.54, 1.807) is 6.20 Å². The Balaban J connectivity index is 2.02. The number of nitrogens with zero attached hydrogens (tertiary/aromatic N) is 2. The highest BCUT2D eigenvalue weighted by Crippen LogP contribution is 2.35. The van der Waals surface area contributed by atoms with Crippen molar-refractivity contribution in [1.82, 2.24) is 4.98 Å². The van der Waals surface area contributed by atoms with E-state index >= 15 is 0 Å². The molecule has 2 atom stereocenters. The van der Waals surface area contributed by atoms with Crippen molar-refractivity contribution >= 4 is 29.9 Å². The number of aromatic nitrogens is 1. The first-order valence-electron chi connectivity index (χ1n) is 5.89. The Morgan fingerprint density at radius 2 is 2.47 bits per heavy atom. The molecule has 3 nitrogen and oxygen atoms in total. The Bertz CT molecular complexity index is 429. The SMILES string of the molecule is SCC1Cc2ncc(Cl)cc2N2CCOCC12. The number of pyridine rings is 1. The third-order valence-corrected chi connectivity index (χ3v) is 4.30. The van der Waals surface area contributed by atoms with Crippen molar-refractivity contribution in [2.24, 2.45) is 5.92 Å². The molecular weight excluding hydrogens is 256 g/mol. The van der Waals surface area contributed by atoms with Crippen molar-refractivity contribution in [2.75, 3.05) is 30.4 Å². The molecule has 1 aromatic rings. The lowest BCUT2D eigenvalue weighted by atomic mass is 9.89. The van der Waals surface area contributed by atoms with Gasteiger partial charge in [0.1, 0.15) is 0 Å². The van der Waals surface area contributed by atoms with Gasteiger partial charge in [0.05, 0.1) is 35.7 Å². The van der Waals surface area contributed by atoms with Crippen molar-refractivity contribution in [3.05, 3.63) is 23.0 Å². The van der Waals surface area contributed by atoms with Crippen molar-refractivity contribution < 1.29 is 4.74 Å². The molecule has 0 aromatic carbocycles. The molecule has 0 spiro atoms. The molecule has 17 heavy (non-hydrogen) atoms. The Kier molecular flexibility index (Phi) is 3.19. The fourth-order valence-electron chi connectivity index (χ4n) is 2.75. The smallest absolute Gasteiger partial charge is 0.0674 e. The number of anilines is 1. The summed E-state index contributed by atoms with van der Waals surface area (Å²) < 4.78 is 5.59. The molecule has 2 aliphatic rings. The van der Waals surface area contributed by atoms with Gasteiger partial charge in [-0.2, -0.15) is 12.6 Å². The molecule has 0 amide bonds. The van der Waals surface area contributed by atoms with Gasteiger partial charge in [0.15, 0.2) is 0 Å². The van der Waals surface area contributed by atoms with Gasteiger partial charge < -0.3 is 9.64 Å². The van der Waals surface area contributed by atoms with Gasteiger partial charge in [0.25, 0.3) is 0 Å². The van der Waals surface area contributed by atoms with E-state index in [-0.39, 0.29) is 0 Å². The molecule has 1 fully saturated rings. The van der Waals surface area contributed by atoms with Gasteiger partial charge in [-0.3, -0.25) is 4.98 Å². The summed E-state index contributed by atoms with van der Waals surface area (Å²) >= 11 is 10.5. The second-order valence-electron chi connectivity index (χ2n) is 4.60. The molecule has 0 bridgehead atoms. The molecular formula is C12H15ClN2OS. The first-order valence-corrected chi connectivity index (χ1v) is 6.90. The van der Waals surface area contributed by atoms with E-state index in [0.717, 1.165) is 37.6 Å². The highest BCUT2D eigenvalue weighted by atomic mass is 35.5. The first kappa shape index (κ1) is 11.6. The Morgan fingerprint density at radius 3 is 3.29 bits per heavy atom. The summed E-state index contributed by atoms with van der Waals surface area (Å²) in [6, 6.07) is 2.45. The molecule has 5 heteroatoms. The van der Waals surface area contributed by atoms with Crippen LogP contribution < -0.4 is 4.90 Å². The van der Waals surface area contributed by atoms with Gasteiger partial charge in [-0.05, 0) is 24.2 Å². The maximum atomic E-state index is 6.04. The molecule has 2 unspecified atom stereocenters. The molecule has 3 rings (SSSR count). The number of hydrogen-bond acceptors (Lipinski definition) is 4. The number of hydrogen-bond donors (Lipinski definition) is 1. The van der Waals surface area contributed by atoms with Crippen LogP contribution in [0.5, 0.6) is 0 Å². The van der Waals surface area contributed by atoms with Crippen LogP contribution >= 0.6 is 24.2 Å². The molecule has 2 aliphatic heterocycles. The van der Waals surface area contributed by atoms with Crippen LogP contribution in [0.3, 0.4) is 0 Å². The van der Waals surface area contributed by atoms with Crippen molar-refractivity contribution in [2.45, 2.75) is 12.5 Å². The molecule has 3 heterocycles. The average Bonchev–Trinajstić information content (AvgIpc) is 2.38. The van der Waals surface area contributed by atoms with Crippen LogP contribution in [0.25, 0.3) is 0 Å². The van der Waals surface area contributed by atoms with E-state index in [0.29, 0.717) is 17.0 Å². The summed E-state index contributed by atoms with van der Waals surface area (Å²) in [6.45, 7) is 2.49. The standard InChI is InChI=1S/C12H15ClN2OS/c13-9-4-11-10(14-5-9)3-8(7-17)12-6-16-2-1-15(11)12/h4-5,8,12,17H,1-3,6-7H2. The highest BCUT2D eigenvalue weighted by molar-refractivity contribution is 7.80. The van der Waals surface area contributed by atoms with Crippen molar-refractivity contribution in [1.29, 1.82) is 0 Å². The molecule has 0 N–H and O–H groups in total. The van der Waals surface area contributed by atoms with E-state index in [2.05, 4.69) is 22.5 Å². The lowest BCUT2D eigenvalue weighted by Crippen LogP contribution is -2.53. The Morgan fingerprint density at radius 1 is 1.59 bits per heavy atom. The minimum Gasteiger partial charge on any atom is -0.377 e. The summed E-state index contributed by atoms with van der Waals surface area (Å²) in [6.07, 6.45) is 2.71. The molecule has 0 saturated carbocycles. The Hall–Kier alpha value is -0.450. The van der Waals surface area contributed by atoms with E-state index in [4.69, 9.17) is 16.3 Å². The molecule has 0 aliphatic carbocycles. The molecule has 1 saturated heterocycles. The number of halogens is 1. The van der Waals surface area contributed by atoms with Crippen LogP contribution in [0, 0.1) is 5.92 Å². The maximum Gasteiger partial charge on any atom is 0.0674 e. The second-order valence-corrected chi connectivity index (χ2v) is 5.40. The zero-order valence-corrected chi connectivity index (χ0v) is 11.1. The molecule has 0 radical (unpaired) electrons. The van der Waals surface area contributed by atoms with Crippen molar-refractivity contribution in [3.8, 4) is 0 Å². The van der Waals surface area contributed by atoms with Gasteiger partial charge in [-0.1, -0.05) is 11.6 Å². The predicted octanol–water partition coefficient (Wildman–Crippen LogP) is 2.04. The minimum absolute atomic E-state index is 0.425. The monoisotopic (exact) mass is 270 g/mol. The van der Waals surface area contributed by atoms with Crippen LogP contribution in [0.15, 0.2) is 12.3 Å². The number of fused-ring (bicyclic) bond motifs is 3. The average molecular weight is 271 g/mol. The summed E-state index contributed by atoms with van der Waals surface area (Å²) in [7, 11) is 0. The highest BCUT2D eigenvalue weighted by Gasteiger charge is 2.36. The molecule has 1 aromatic heterocycles. The van der Waals surface area contributed by atoms with Gasteiger partial charge >= 0.3 is 0 Å². The lowest BCUT2D eigenvalue weighted by Gasteiger charge is -2.45. The quantitative estimate of drug-likeness (QED) is 0.791. The number of thiol groups is 1. The van der Waals surface area contributed by atoms with Crippen LogP contribution in [0.1, 0.15) is 5.69 Å². The van der Waals surface area contributed by atoms with Crippen LogP contribution in [-0.2, 0) is 11.2 Å². The van der Waals surface area contributed by atoms with Crippen LogP contribution in [0.2, 0.25) is 5.02 Å². The second kappa shape index (κ2) is 4.67. The van der Waals surface area contributed by atoms with E-state index in [1.165, 1.54) is 5.69 Å². The lowest BCUT2D eigenvalue weighted by molar-refractivity contribution is 0.0756. The van der Waals surface area contributed by atoms with E-state index < -0.39 is 0 Å². The fraction of sp³-hybridized carbons (Fsp3) is 0.583. The van der Waals surface area contributed by atoms with Crippen LogP contribution in [-0.4, -0.2) is 36.5 Å². The topological polar surface area (TPSA) is 25.4 Å². The minimum atomic E-state index is 0.425. The summed E-state index contributed by atoms with van der Waals surface area (Å²) in [4.78, 5) is 6.85. The first-order chi connectivity index (χ1) is 8.29. The largest absolute Gasteiger partial charge is 0.377 e. The zero-order chi connectivity index (χ0) is 11.8. The number of ether oxygens (including phenoxy) is 1. The van der Waals surface area contributed by atoms with E-state index in [9.17, 15) is 0 Å². The molecule has 92 valence electrons. The van der Waals surface area contributed by atoms with Gasteiger partial charge in [-0.15, -0.1) is 0 Å². The van der Waals surface area contributed by atoms with Gasteiger partial charge in [-0.25, -0.2) is 0 Å². The summed E-state index contributed by atoms with van der Waals surface area (Å²) in [5, 5.41) is 0.707. The summed E-state index contributed by atoms with van der Waals surface area (Å²) in [5.74, 6) is 1.38. The maximum absolute atomic E-state index is 6.04. The Labute approximate surface area is 112 Å². The van der Waals surface area contributed by atoms with Gasteiger partial charge in [0, 0.05) is 12.7 Å². The fourth-order valence-corrected chi connectivity index (χ4v) is 3.27. The number of rotatable bonds is 1. The third kappa shape index (κ3) is 2.02. The van der Waals surface area contributed by atoms with Crippen molar-refractivity contribution in [3.63, 3.8) is 0 Å². The van der Waals surface area contributed by atoms with E-state index in [1.807, 2.05) is 6.07 Å². The zero-order valence-electron chi connectivity index (χ0n) is 9.47. The normalized spacial score (nSPS) is 27.5. The number of morpholine rings is 1. The predicted molar refractivity (Wildman–Crippen MR) is 72.2 cm³/mol. The summed E-state index contributed by atoms with van der Waals surface area (Å²) in [5.41, 5.74) is 2.33. The third-order valence-electron chi connectivity index (χ3n) is 3.62. The van der Waals surface area contributed by atoms with Crippen LogP contribution in [0.4, 0.5) is 5.69 Å².